The van der Waals surface area contributed by atoms with Crippen LogP contribution in [0.4, 0.5) is 23.3 Å². The zero-order chi connectivity index (χ0) is 30.9. The van der Waals surface area contributed by atoms with E-state index in [1.165, 1.54) is 20.0 Å². The van der Waals surface area contributed by atoms with E-state index in [9.17, 15) is 19.8 Å². The predicted octanol–water partition coefficient (Wildman–Crippen LogP) is 3.89. The van der Waals surface area contributed by atoms with E-state index in [0.717, 1.165) is 11.1 Å². The summed E-state index contributed by atoms with van der Waals surface area (Å²) in [7, 11) is 0. The number of anilines is 4. The highest BCUT2D eigenvalue weighted by atomic mass is 16.3. The van der Waals surface area contributed by atoms with Crippen LogP contribution in [-0.4, -0.2) is 60.6 Å². The number of amides is 2. The molecule has 42 heavy (non-hydrogen) atoms. The molecule has 3 heterocycles. The number of carbonyl (C=O) groups is 2. The lowest BCUT2D eigenvalue weighted by Crippen LogP contribution is -2.51. The van der Waals surface area contributed by atoms with Gasteiger partial charge in [0.05, 0.1) is 5.69 Å². The molecular weight excluding hydrogens is 534 g/mol. The number of hydrogen-bond donors (Lipinski definition) is 5. The summed E-state index contributed by atoms with van der Waals surface area (Å²) >= 11 is 0. The van der Waals surface area contributed by atoms with Crippen LogP contribution in [0, 0.1) is 0 Å². The number of nitrogens with zero attached hydrogens (tertiary/aromatic N) is 4. The van der Waals surface area contributed by atoms with Crippen molar-refractivity contribution in [2.75, 3.05) is 23.7 Å². The van der Waals surface area contributed by atoms with Gasteiger partial charge in [-0.05, 0) is 63.1 Å². The molecule has 5 N–H and O–H groups in total. The maximum atomic E-state index is 12.9. The first-order valence-corrected chi connectivity index (χ1v) is 13.7. The summed E-state index contributed by atoms with van der Waals surface area (Å²) in [5, 5.41) is 29.8. The Labute approximate surface area is 246 Å². The highest BCUT2D eigenvalue weighted by Crippen LogP contribution is 2.36. The Morgan fingerprint density at radius 1 is 1.10 bits per heavy atom. The summed E-state index contributed by atoms with van der Waals surface area (Å²) in [5.41, 5.74) is 0.460. The fraction of sp³-hybridized carbons (Fsp3) is 0.387. The van der Waals surface area contributed by atoms with Crippen molar-refractivity contribution < 1.29 is 19.8 Å². The van der Waals surface area contributed by atoms with Gasteiger partial charge < -0.3 is 31.1 Å². The maximum absolute atomic E-state index is 12.9. The van der Waals surface area contributed by atoms with Crippen LogP contribution in [0.2, 0.25) is 0 Å². The van der Waals surface area contributed by atoms with E-state index in [4.69, 9.17) is 0 Å². The van der Waals surface area contributed by atoms with Crippen molar-refractivity contribution in [1.29, 1.82) is 0 Å². The van der Waals surface area contributed by atoms with E-state index in [1.807, 2.05) is 18.2 Å². The number of nitrogens with one attached hydrogen (secondary N) is 3. The van der Waals surface area contributed by atoms with E-state index in [-0.39, 0.29) is 35.2 Å². The Balaban J connectivity index is 1.66. The average molecular weight is 574 g/mol. The first kappa shape index (κ1) is 30.6. The smallest absolute Gasteiger partial charge is 0.256 e. The van der Waals surface area contributed by atoms with Crippen molar-refractivity contribution in [3.8, 4) is 0 Å². The molecule has 0 radical (unpaired) electrons. The number of aliphatic hydroxyl groups is 2. The van der Waals surface area contributed by atoms with E-state index in [2.05, 4.69) is 51.3 Å². The van der Waals surface area contributed by atoms with Gasteiger partial charge in [0.1, 0.15) is 28.4 Å². The second-order valence-electron chi connectivity index (χ2n) is 12.1. The number of fused-ring (bicyclic) bond motifs is 1. The van der Waals surface area contributed by atoms with Crippen molar-refractivity contribution in [3.63, 3.8) is 0 Å². The van der Waals surface area contributed by atoms with Gasteiger partial charge in [-0.2, -0.15) is 4.98 Å². The monoisotopic (exact) mass is 573 g/mol. The zero-order valence-electron chi connectivity index (χ0n) is 24.9. The van der Waals surface area contributed by atoms with Crippen LogP contribution >= 0.6 is 0 Å². The Morgan fingerprint density at radius 2 is 1.83 bits per heavy atom. The molecule has 0 bridgehead atoms. The van der Waals surface area contributed by atoms with Crippen LogP contribution in [-0.2, 0) is 22.4 Å². The Morgan fingerprint density at radius 3 is 2.50 bits per heavy atom. The molecule has 0 atom stereocenters. The third-order valence-electron chi connectivity index (χ3n) is 6.91. The van der Waals surface area contributed by atoms with Gasteiger partial charge in [0, 0.05) is 36.9 Å². The molecule has 0 saturated carbocycles. The summed E-state index contributed by atoms with van der Waals surface area (Å²) < 4.78 is 0. The van der Waals surface area contributed by atoms with Crippen molar-refractivity contribution in [3.05, 3.63) is 77.6 Å². The number of rotatable bonds is 9. The van der Waals surface area contributed by atoms with Crippen LogP contribution in [0.15, 0.2) is 55.3 Å². The standard InChI is InChI=1S/C31H39N7O4/c1-8-14-32-26(39)21-16-33-28(37-25(21)36-24-11-9-10-23(35-24)30(4,5)41)34-20-12-13-22-19(15-20)17-38(18-29(22,2)3)27(40)31(6,7)42/h8-13,15-16,41-42H,1,14,17-18H2,2-7H3,(H,32,39)(H2,33,34,35,36,37). The minimum absolute atomic E-state index is 0.200. The molecule has 11 nitrogen and oxygen atoms in total. The number of carbonyl (C=O) groups excluding carboxylic acids is 2. The number of hydrogen-bond acceptors (Lipinski definition) is 9. The van der Waals surface area contributed by atoms with Crippen molar-refractivity contribution >= 4 is 35.1 Å². The third-order valence-corrected chi connectivity index (χ3v) is 6.91. The lowest BCUT2D eigenvalue weighted by molar-refractivity contribution is -0.149. The van der Waals surface area contributed by atoms with Crippen LogP contribution in [0.1, 0.15) is 68.7 Å². The fourth-order valence-corrected chi connectivity index (χ4v) is 4.88. The molecule has 222 valence electrons. The van der Waals surface area contributed by atoms with Crippen LogP contribution in [0.5, 0.6) is 0 Å². The molecule has 0 spiro atoms. The van der Waals surface area contributed by atoms with Crippen molar-refractivity contribution in [1.82, 2.24) is 25.2 Å². The summed E-state index contributed by atoms with van der Waals surface area (Å²) in [6.07, 6.45) is 2.99. The van der Waals surface area contributed by atoms with Gasteiger partial charge in [0.15, 0.2) is 0 Å². The summed E-state index contributed by atoms with van der Waals surface area (Å²) in [5.74, 6) is 0.123. The molecule has 2 aromatic heterocycles. The second-order valence-corrected chi connectivity index (χ2v) is 12.1. The molecule has 0 unspecified atom stereocenters. The highest BCUT2D eigenvalue weighted by Gasteiger charge is 2.38. The molecule has 1 aliphatic rings. The molecular formula is C31H39N7O4. The molecule has 11 heteroatoms. The van der Waals surface area contributed by atoms with E-state index < -0.39 is 17.1 Å². The minimum Gasteiger partial charge on any atom is -0.384 e. The normalized spacial score (nSPS) is 14.5. The van der Waals surface area contributed by atoms with E-state index in [0.29, 0.717) is 30.3 Å². The minimum atomic E-state index is -1.47. The zero-order valence-corrected chi connectivity index (χ0v) is 24.9. The van der Waals surface area contributed by atoms with Gasteiger partial charge >= 0.3 is 0 Å². The lowest BCUT2D eigenvalue weighted by atomic mass is 9.78. The van der Waals surface area contributed by atoms with Crippen LogP contribution < -0.4 is 16.0 Å². The van der Waals surface area contributed by atoms with Gasteiger partial charge in [-0.3, -0.25) is 9.59 Å². The quantitative estimate of drug-likeness (QED) is 0.240. The molecule has 2 amide bonds. The van der Waals surface area contributed by atoms with Gasteiger partial charge in [0.2, 0.25) is 5.95 Å². The van der Waals surface area contributed by atoms with Crippen molar-refractivity contribution in [2.24, 2.45) is 0 Å². The summed E-state index contributed by atoms with van der Waals surface area (Å²) in [4.78, 5) is 40.9. The Kier molecular flexibility index (Phi) is 8.38. The number of aromatic nitrogens is 3. The van der Waals surface area contributed by atoms with E-state index >= 15 is 0 Å². The maximum Gasteiger partial charge on any atom is 0.256 e. The third kappa shape index (κ3) is 6.92. The van der Waals surface area contributed by atoms with Gasteiger partial charge in [-0.25, -0.2) is 9.97 Å². The predicted molar refractivity (Wildman–Crippen MR) is 162 cm³/mol. The number of benzene rings is 1. The largest absolute Gasteiger partial charge is 0.384 e. The van der Waals surface area contributed by atoms with Gasteiger partial charge in [0.25, 0.3) is 11.8 Å². The lowest BCUT2D eigenvalue weighted by Gasteiger charge is -2.41. The summed E-state index contributed by atoms with van der Waals surface area (Å²) in [6, 6.07) is 11.1. The van der Waals surface area contributed by atoms with Crippen LogP contribution in [0.25, 0.3) is 0 Å². The van der Waals surface area contributed by atoms with E-state index in [1.54, 1.807) is 43.0 Å². The molecule has 1 aromatic carbocycles. The summed E-state index contributed by atoms with van der Waals surface area (Å²) in [6.45, 7) is 15.2. The molecule has 0 fully saturated rings. The van der Waals surface area contributed by atoms with Gasteiger partial charge in [-0.1, -0.05) is 32.1 Å². The average Bonchev–Trinajstić information content (AvgIpc) is 2.90. The second kappa shape index (κ2) is 11.5. The molecule has 0 saturated heterocycles. The molecule has 0 aliphatic carbocycles. The highest BCUT2D eigenvalue weighted by molar-refractivity contribution is 5.99. The van der Waals surface area contributed by atoms with Crippen molar-refractivity contribution in [2.45, 2.75) is 64.7 Å². The Bertz CT molecular complexity index is 1510. The SMILES string of the molecule is C=CCNC(=O)c1cnc(Nc2ccc3c(c2)CN(C(=O)C(C)(C)O)CC3(C)C)nc1Nc1cccc(C(C)(C)O)n1. The number of pyridine rings is 1. The fourth-order valence-electron chi connectivity index (χ4n) is 4.88. The molecule has 4 rings (SSSR count). The van der Waals surface area contributed by atoms with Crippen LogP contribution in [0.3, 0.4) is 0 Å². The van der Waals surface area contributed by atoms with Gasteiger partial charge in [-0.15, -0.1) is 6.58 Å². The first-order chi connectivity index (χ1) is 19.6. The topological polar surface area (TPSA) is 153 Å². The first-order valence-electron chi connectivity index (χ1n) is 13.7. The Hall–Kier alpha value is -4.35. The molecule has 1 aliphatic heterocycles. The molecule has 3 aromatic rings.